The van der Waals surface area contributed by atoms with Crippen LogP contribution in [0.5, 0.6) is 17.2 Å². The van der Waals surface area contributed by atoms with Crippen molar-refractivity contribution in [3.8, 4) is 28.5 Å². The summed E-state index contributed by atoms with van der Waals surface area (Å²) in [6.07, 6.45) is 3.39. The summed E-state index contributed by atoms with van der Waals surface area (Å²) in [7, 11) is 0. The van der Waals surface area contributed by atoms with Crippen LogP contribution in [0.1, 0.15) is 29.0 Å². The number of pyridine rings is 1. The van der Waals surface area contributed by atoms with Crippen molar-refractivity contribution in [3.63, 3.8) is 0 Å². The number of aromatic nitrogens is 3. The van der Waals surface area contributed by atoms with E-state index >= 15 is 0 Å². The SMILES string of the molecule is Cc1ccc(OC2CCN(C(=O)c3cc(-c4ccc5c(c4)OCO5)n[nH]3)CC2)cn1. The molecule has 2 aromatic heterocycles. The maximum atomic E-state index is 12.9. The summed E-state index contributed by atoms with van der Waals surface area (Å²) in [5, 5.41) is 7.18. The Bertz CT molecular complexity index is 1060. The van der Waals surface area contributed by atoms with Crippen molar-refractivity contribution < 1.29 is 19.0 Å². The number of carbonyl (C=O) groups is 1. The molecule has 2 aliphatic heterocycles. The molecule has 1 aromatic carbocycles. The first-order chi connectivity index (χ1) is 14.7. The third-order valence-corrected chi connectivity index (χ3v) is 5.39. The number of aromatic amines is 1. The molecule has 30 heavy (non-hydrogen) atoms. The topological polar surface area (TPSA) is 89.6 Å². The molecule has 8 nitrogen and oxygen atoms in total. The number of ether oxygens (including phenoxy) is 3. The number of carbonyl (C=O) groups excluding carboxylic acids is 1. The van der Waals surface area contributed by atoms with Gasteiger partial charge in [-0.2, -0.15) is 5.10 Å². The molecule has 1 N–H and O–H groups in total. The fraction of sp³-hybridized carbons (Fsp3) is 0.318. The van der Waals surface area contributed by atoms with Crippen LogP contribution in [-0.2, 0) is 0 Å². The molecule has 154 valence electrons. The van der Waals surface area contributed by atoms with E-state index in [0.29, 0.717) is 30.2 Å². The second-order valence-corrected chi connectivity index (χ2v) is 7.48. The number of nitrogens with zero attached hydrogens (tertiary/aromatic N) is 3. The van der Waals surface area contributed by atoms with Crippen molar-refractivity contribution in [1.82, 2.24) is 20.1 Å². The van der Waals surface area contributed by atoms with Gasteiger partial charge in [0.15, 0.2) is 11.5 Å². The highest BCUT2D eigenvalue weighted by Gasteiger charge is 2.26. The zero-order valence-corrected chi connectivity index (χ0v) is 16.6. The number of fused-ring (bicyclic) bond motifs is 1. The largest absolute Gasteiger partial charge is 0.489 e. The third kappa shape index (κ3) is 3.68. The molecule has 3 aromatic rings. The summed E-state index contributed by atoms with van der Waals surface area (Å²) >= 11 is 0. The highest BCUT2D eigenvalue weighted by molar-refractivity contribution is 5.93. The van der Waals surface area contributed by atoms with Crippen molar-refractivity contribution in [2.45, 2.75) is 25.9 Å². The van der Waals surface area contributed by atoms with Crippen molar-refractivity contribution in [2.24, 2.45) is 0 Å². The van der Waals surface area contributed by atoms with Crippen LogP contribution in [0.15, 0.2) is 42.6 Å². The number of amides is 1. The zero-order chi connectivity index (χ0) is 20.5. The highest BCUT2D eigenvalue weighted by atomic mass is 16.7. The van der Waals surface area contributed by atoms with E-state index in [4.69, 9.17) is 14.2 Å². The molecule has 4 heterocycles. The van der Waals surface area contributed by atoms with Gasteiger partial charge in [0.05, 0.1) is 11.9 Å². The van der Waals surface area contributed by atoms with Crippen LogP contribution in [0.2, 0.25) is 0 Å². The van der Waals surface area contributed by atoms with E-state index in [9.17, 15) is 4.79 Å². The molecule has 5 rings (SSSR count). The minimum Gasteiger partial charge on any atom is -0.489 e. The normalized spacial score (nSPS) is 16.0. The molecule has 0 atom stereocenters. The number of benzene rings is 1. The molecule has 2 aliphatic rings. The summed E-state index contributed by atoms with van der Waals surface area (Å²) in [6.45, 7) is 3.45. The number of hydrogen-bond donors (Lipinski definition) is 1. The van der Waals surface area contributed by atoms with Gasteiger partial charge >= 0.3 is 0 Å². The summed E-state index contributed by atoms with van der Waals surface area (Å²) in [4.78, 5) is 19.0. The van der Waals surface area contributed by atoms with E-state index in [1.54, 1.807) is 12.3 Å². The summed E-state index contributed by atoms with van der Waals surface area (Å²) in [5.41, 5.74) is 3.00. The minimum atomic E-state index is -0.0510. The van der Waals surface area contributed by atoms with Crippen LogP contribution in [0.3, 0.4) is 0 Å². The first-order valence-electron chi connectivity index (χ1n) is 10.00. The van der Waals surface area contributed by atoms with Crippen LogP contribution in [0, 0.1) is 6.92 Å². The maximum absolute atomic E-state index is 12.9. The van der Waals surface area contributed by atoms with Gasteiger partial charge in [-0.3, -0.25) is 14.9 Å². The van der Waals surface area contributed by atoms with Crippen molar-refractivity contribution in [3.05, 3.63) is 54.0 Å². The molecule has 8 heteroatoms. The molecule has 0 unspecified atom stereocenters. The Kier molecular flexibility index (Phi) is 4.74. The molecule has 0 radical (unpaired) electrons. The Balaban J connectivity index is 1.20. The number of H-pyrrole nitrogens is 1. The standard InChI is InChI=1S/C22H22N4O4/c1-14-2-4-17(12-23-14)30-16-6-8-26(9-7-16)22(27)19-11-18(24-25-19)15-3-5-20-21(10-15)29-13-28-20/h2-5,10-12,16H,6-9,13H2,1H3,(H,24,25). The second kappa shape index (κ2) is 7.70. The predicted molar refractivity (Wildman–Crippen MR) is 109 cm³/mol. The molecule has 0 bridgehead atoms. The average Bonchev–Trinajstić information content (AvgIpc) is 3.44. The second-order valence-electron chi connectivity index (χ2n) is 7.48. The molecular formula is C22H22N4O4. The lowest BCUT2D eigenvalue weighted by Gasteiger charge is -2.31. The predicted octanol–water partition coefficient (Wildman–Crippen LogP) is 3.19. The molecular weight excluding hydrogens is 384 g/mol. The van der Waals surface area contributed by atoms with Gasteiger partial charge in [-0.25, -0.2) is 0 Å². The van der Waals surface area contributed by atoms with Gasteiger partial charge in [0, 0.05) is 37.2 Å². The molecule has 1 fully saturated rings. The van der Waals surface area contributed by atoms with Gasteiger partial charge in [-0.1, -0.05) is 0 Å². The number of aryl methyl sites for hydroxylation is 1. The number of nitrogens with one attached hydrogen (secondary N) is 1. The monoisotopic (exact) mass is 406 g/mol. The van der Waals surface area contributed by atoms with E-state index in [-0.39, 0.29) is 18.8 Å². The van der Waals surface area contributed by atoms with Gasteiger partial charge in [0.2, 0.25) is 6.79 Å². The van der Waals surface area contributed by atoms with E-state index < -0.39 is 0 Å². The van der Waals surface area contributed by atoms with Crippen molar-refractivity contribution >= 4 is 5.91 Å². The van der Waals surface area contributed by atoms with Crippen molar-refractivity contribution in [1.29, 1.82) is 0 Å². The number of likely N-dealkylation sites (tertiary alicyclic amines) is 1. The lowest BCUT2D eigenvalue weighted by Crippen LogP contribution is -2.41. The van der Waals surface area contributed by atoms with E-state index in [1.165, 1.54) is 0 Å². The number of piperidine rings is 1. The maximum Gasteiger partial charge on any atom is 0.271 e. The van der Waals surface area contributed by atoms with Gasteiger partial charge in [0.1, 0.15) is 17.5 Å². The van der Waals surface area contributed by atoms with E-state index in [1.807, 2.05) is 42.2 Å². The van der Waals surface area contributed by atoms with E-state index in [0.717, 1.165) is 35.6 Å². The average molecular weight is 406 g/mol. The lowest BCUT2D eigenvalue weighted by molar-refractivity contribution is 0.0589. The number of rotatable bonds is 4. The summed E-state index contributed by atoms with van der Waals surface area (Å²) in [6, 6.07) is 11.3. The van der Waals surface area contributed by atoms with Crippen molar-refractivity contribution in [2.75, 3.05) is 19.9 Å². The molecule has 0 spiro atoms. The van der Waals surface area contributed by atoms with Crippen LogP contribution >= 0.6 is 0 Å². The fourth-order valence-corrected chi connectivity index (χ4v) is 3.70. The van der Waals surface area contributed by atoms with Crippen LogP contribution in [-0.4, -0.2) is 52.0 Å². The molecule has 1 amide bonds. The first kappa shape index (κ1) is 18.5. The Hall–Kier alpha value is -3.55. The number of hydrogen-bond acceptors (Lipinski definition) is 6. The quantitative estimate of drug-likeness (QED) is 0.716. The van der Waals surface area contributed by atoms with Crippen LogP contribution in [0.25, 0.3) is 11.3 Å². The summed E-state index contributed by atoms with van der Waals surface area (Å²) in [5.74, 6) is 2.13. The fourth-order valence-electron chi connectivity index (χ4n) is 3.70. The Morgan fingerprint density at radius 2 is 1.97 bits per heavy atom. The van der Waals surface area contributed by atoms with Crippen LogP contribution in [0.4, 0.5) is 0 Å². The molecule has 1 saturated heterocycles. The highest BCUT2D eigenvalue weighted by Crippen LogP contribution is 2.35. The molecule has 0 saturated carbocycles. The lowest BCUT2D eigenvalue weighted by atomic mass is 10.1. The Morgan fingerprint density at radius 3 is 2.77 bits per heavy atom. The smallest absolute Gasteiger partial charge is 0.271 e. The van der Waals surface area contributed by atoms with Gasteiger partial charge < -0.3 is 19.1 Å². The zero-order valence-electron chi connectivity index (χ0n) is 16.6. The van der Waals surface area contributed by atoms with Crippen LogP contribution < -0.4 is 14.2 Å². The Labute approximate surface area is 173 Å². The minimum absolute atomic E-state index is 0.0510. The first-order valence-corrected chi connectivity index (χ1v) is 10.00. The van der Waals surface area contributed by atoms with Gasteiger partial charge in [-0.05, 0) is 43.3 Å². The summed E-state index contributed by atoms with van der Waals surface area (Å²) < 4.78 is 16.8. The third-order valence-electron chi connectivity index (χ3n) is 5.39. The van der Waals surface area contributed by atoms with Gasteiger partial charge in [0.25, 0.3) is 5.91 Å². The molecule has 0 aliphatic carbocycles. The van der Waals surface area contributed by atoms with Gasteiger partial charge in [-0.15, -0.1) is 0 Å². The Morgan fingerprint density at radius 1 is 1.13 bits per heavy atom. The van der Waals surface area contributed by atoms with E-state index in [2.05, 4.69) is 15.2 Å².